The first-order chi connectivity index (χ1) is 9.13. The van der Waals surface area contributed by atoms with Crippen LogP contribution in [0.25, 0.3) is 0 Å². The highest BCUT2D eigenvalue weighted by molar-refractivity contribution is 6.03. The summed E-state index contributed by atoms with van der Waals surface area (Å²) in [5.74, 6) is -0.140. The number of aryl methyl sites for hydroxylation is 1. The predicted molar refractivity (Wildman–Crippen MR) is 67.2 cm³/mol. The maximum Gasteiger partial charge on any atom is 0.291 e. The van der Waals surface area contributed by atoms with Gasteiger partial charge in [-0.2, -0.15) is 5.26 Å². The molecular formula is C14H11FN2O2. The average Bonchev–Trinajstić information content (AvgIpc) is 2.89. The Morgan fingerprint density at radius 3 is 2.84 bits per heavy atom. The molecule has 0 fully saturated rings. The van der Waals surface area contributed by atoms with Gasteiger partial charge in [0.1, 0.15) is 17.6 Å². The summed E-state index contributed by atoms with van der Waals surface area (Å²) in [5, 5.41) is 11.4. The summed E-state index contributed by atoms with van der Waals surface area (Å²) in [6.45, 7) is 1.91. The lowest BCUT2D eigenvalue weighted by Gasteiger charge is -2.05. The fourth-order valence-electron chi connectivity index (χ4n) is 1.59. The molecule has 1 N–H and O–H groups in total. The molecule has 0 radical (unpaired) electrons. The molecule has 0 saturated carbocycles. The summed E-state index contributed by atoms with van der Waals surface area (Å²) in [6, 6.07) is 8.68. The molecule has 1 heterocycles. The summed E-state index contributed by atoms with van der Waals surface area (Å²) >= 11 is 0. The van der Waals surface area contributed by atoms with Gasteiger partial charge in [0.25, 0.3) is 5.91 Å². The highest BCUT2D eigenvalue weighted by atomic mass is 19.1. The largest absolute Gasteiger partial charge is 0.456 e. The normalized spacial score (nSPS) is 9.95. The van der Waals surface area contributed by atoms with Gasteiger partial charge in [-0.15, -0.1) is 0 Å². The van der Waals surface area contributed by atoms with E-state index in [2.05, 4.69) is 5.32 Å². The number of nitrogens with one attached hydrogen (secondary N) is 1. The van der Waals surface area contributed by atoms with Crippen LogP contribution in [0.15, 0.2) is 34.7 Å². The van der Waals surface area contributed by atoms with Crippen LogP contribution >= 0.6 is 0 Å². The molecule has 1 aromatic heterocycles. The van der Waals surface area contributed by atoms with Crippen molar-refractivity contribution in [1.29, 1.82) is 5.26 Å². The smallest absolute Gasteiger partial charge is 0.291 e. The molecule has 96 valence electrons. The van der Waals surface area contributed by atoms with Crippen molar-refractivity contribution < 1.29 is 13.6 Å². The quantitative estimate of drug-likeness (QED) is 0.919. The zero-order valence-electron chi connectivity index (χ0n) is 10.2. The molecule has 1 aromatic carbocycles. The lowest BCUT2D eigenvalue weighted by atomic mass is 10.2. The molecule has 2 aromatic rings. The third-order valence-corrected chi connectivity index (χ3v) is 2.58. The van der Waals surface area contributed by atoms with E-state index >= 15 is 0 Å². The minimum atomic E-state index is -0.527. The number of halogens is 1. The van der Waals surface area contributed by atoms with Crippen molar-refractivity contribution in [3.05, 3.63) is 53.2 Å². The monoisotopic (exact) mass is 258 g/mol. The predicted octanol–water partition coefficient (Wildman–Crippen LogP) is 3.11. The van der Waals surface area contributed by atoms with E-state index in [1.165, 1.54) is 12.1 Å². The summed E-state index contributed by atoms with van der Waals surface area (Å²) in [5.41, 5.74) is 0.318. The van der Waals surface area contributed by atoms with Crippen molar-refractivity contribution in [2.75, 3.05) is 5.32 Å². The first-order valence-corrected chi connectivity index (χ1v) is 5.73. The molecule has 0 aliphatic heterocycles. The van der Waals surface area contributed by atoms with Crippen LogP contribution in [0.3, 0.4) is 0 Å². The molecule has 0 saturated heterocycles. The number of nitrogens with zero attached hydrogens (tertiary/aromatic N) is 1. The van der Waals surface area contributed by atoms with Crippen molar-refractivity contribution in [1.82, 2.24) is 0 Å². The fraction of sp³-hybridized carbons (Fsp3) is 0.143. The maximum atomic E-state index is 13.0. The maximum absolute atomic E-state index is 13.0. The van der Waals surface area contributed by atoms with Gasteiger partial charge < -0.3 is 9.73 Å². The Morgan fingerprint density at radius 2 is 2.21 bits per heavy atom. The van der Waals surface area contributed by atoms with Gasteiger partial charge in [-0.1, -0.05) is 6.92 Å². The number of benzene rings is 1. The number of anilines is 1. The number of furan rings is 1. The van der Waals surface area contributed by atoms with E-state index < -0.39 is 11.7 Å². The Bertz CT molecular complexity index is 656. The highest BCUT2D eigenvalue weighted by Crippen LogP contribution is 2.18. The van der Waals surface area contributed by atoms with Gasteiger partial charge in [0.05, 0.1) is 11.3 Å². The number of carbonyl (C=O) groups excluding carboxylic acids is 1. The molecule has 5 heteroatoms. The zero-order chi connectivity index (χ0) is 13.8. The number of hydrogen-bond acceptors (Lipinski definition) is 3. The number of rotatable bonds is 3. The van der Waals surface area contributed by atoms with Crippen molar-refractivity contribution in [2.24, 2.45) is 0 Å². The van der Waals surface area contributed by atoms with Crippen LogP contribution in [0.2, 0.25) is 0 Å². The van der Waals surface area contributed by atoms with E-state index in [-0.39, 0.29) is 17.0 Å². The van der Waals surface area contributed by atoms with Crippen molar-refractivity contribution in [2.45, 2.75) is 13.3 Å². The van der Waals surface area contributed by atoms with Gasteiger partial charge in [-0.3, -0.25) is 4.79 Å². The van der Waals surface area contributed by atoms with E-state index in [0.717, 1.165) is 6.07 Å². The first kappa shape index (κ1) is 12.8. The Hall–Kier alpha value is -2.61. The first-order valence-electron chi connectivity index (χ1n) is 5.73. The van der Waals surface area contributed by atoms with Gasteiger partial charge in [0, 0.05) is 6.42 Å². The van der Waals surface area contributed by atoms with E-state index in [0.29, 0.717) is 12.2 Å². The summed E-state index contributed by atoms with van der Waals surface area (Å²) in [7, 11) is 0. The third kappa shape index (κ3) is 2.80. The molecule has 0 aliphatic carbocycles. The second kappa shape index (κ2) is 5.36. The SMILES string of the molecule is CCc1ccc(C(=O)Nc2ccc(F)cc2C#N)o1. The summed E-state index contributed by atoms with van der Waals surface area (Å²) in [6.07, 6.45) is 0.688. The lowest BCUT2D eigenvalue weighted by Crippen LogP contribution is -2.12. The molecule has 0 atom stereocenters. The van der Waals surface area contributed by atoms with Crippen molar-refractivity contribution in [3.8, 4) is 6.07 Å². The minimum absolute atomic E-state index is 0.0654. The lowest BCUT2D eigenvalue weighted by molar-refractivity contribution is 0.0995. The van der Waals surface area contributed by atoms with Crippen LogP contribution in [-0.4, -0.2) is 5.91 Å². The van der Waals surface area contributed by atoms with Gasteiger partial charge in [0.15, 0.2) is 5.76 Å². The van der Waals surface area contributed by atoms with E-state index in [1.807, 2.05) is 13.0 Å². The molecule has 1 amide bonds. The van der Waals surface area contributed by atoms with E-state index in [9.17, 15) is 9.18 Å². The summed E-state index contributed by atoms with van der Waals surface area (Å²) < 4.78 is 18.3. The number of hydrogen-bond donors (Lipinski definition) is 1. The van der Waals surface area contributed by atoms with Crippen molar-refractivity contribution >= 4 is 11.6 Å². The van der Waals surface area contributed by atoms with Gasteiger partial charge in [-0.05, 0) is 30.3 Å². The average molecular weight is 258 g/mol. The van der Waals surface area contributed by atoms with E-state index in [1.54, 1.807) is 12.1 Å². The molecular weight excluding hydrogens is 247 g/mol. The minimum Gasteiger partial charge on any atom is -0.456 e. The number of nitriles is 1. The van der Waals surface area contributed by atoms with Crippen molar-refractivity contribution in [3.63, 3.8) is 0 Å². The Morgan fingerprint density at radius 1 is 1.42 bits per heavy atom. The fourth-order valence-corrected chi connectivity index (χ4v) is 1.59. The second-order valence-electron chi connectivity index (χ2n) is 3.88. The van der Waals surface area contributed by atoms with Crippen LogP contribution in [0.5, 0.6) is 0 Å². The Labute approximate surface area is 109 Å². The third-order valence-electron chi connectivity index (χ3n) is 2.58. The Balaban J connectivity index is 2.22. The topological polar surface area (TPSA) is 66.0 Å². The van der Waals surface area contributed by atoms with Gasteiger partial charge in [0.2, 0.25) is 0 Å². The van der Waals surface area contributed by atoms with Crippen LogP contribution in [-0.2, 0) is 6.42 Å². The van der Waals surface area contributed by atoms with Crippen LogP contribution < -0.4 is 5.32 Å². The molecule has 0 bridgehead atoms. The molecule has 19 heavy (non-hydrogen) atoms. The standard InChI is InChI=1S/C14H11FN2O2/c1-2-11-4-6-13(19-11)14(18)17-12-5-3-10(15)7-9(12)8-16/h3-7H,2H2,1H3,(H,17,18). The van der Waals surface area contributed by atoms with Gasteiger partial charge >= 0.3 is 0 Å². The highest BCUT2D eigenvalue weighted by Gasteiger charge is 2.13. The van der Waals surface area contributed by atoms with E-state index in [4.69, 9.17) is 9.68 Å². The van der Waals surface area contributed by atoms with Crippen LogP contribution in [0.1, 0.15) is 28.8 Å². The second-order valence-corrected chi connectivity index (χ2v) is 3.88. The molecule has 2 rings (SSSR count). The molecule has 0 spiro atoms. The number of carbonyl (C=O) groups is 1. The molecule has 4 nitrogen and oxygen atoms in total. The summed E-state index contributed by atoms with van der Waals surface area (Å²) in [4.78, 5) is 11.9. The molecule has 0 unspecified atom stereocenters. The molecule has 0 aliphatic rings. The Kier molecular flexibility index (Phi) is 3.62. The zero-order valence-corrected chi connectivity index (χ0v) is 10.2. The van der Waals surface area contributed by atoms with Crippen LogP contribution in [0.4, 0.5) is 10.1 Å². The number of amides is 1. The van der Waals surface area contributed by atoms with Gasteiger partial charge in [-0.25, -0.2) is 4.39 Å². The van der Waals surface area contributed by atoms with Crippen LogP contribution in [0, 0.1) is 17.1 Å².